The van der Waals surface area contributed by atoms with Crippen molar-refractivity contribution in [3.63, 3.8) is 0 Å². The van der Waals surface area contributed by atoms with Crippen LogP contribution in [-0.2, 0) is 66.5 Å². The molecule has 23 atom stereocenters. The number of methoxy groups -OCH3 is 2. The SMILES string of the molecule is CC[C@H]1OC(=O)[C@H](C)[C@@H](O[C@H]2C[C@@](C)(OC)[C@@H](O[C@@H]3O[C@H](COC(=O)c4ccccc4)[C@@H](O)[C@H](O)[C@H]3OC(C)=O)[C@H](C)O2)[C@H](C)[C@@H](O[C@@H]2O[C@H](C)C[C@H](N(C)C)[C@H]2O)[C@](C)(OC)C[C@@H](C)C(=O)[C@H](C)[C@@H](O)[C@]1(C)O. The van der Waals surface area contributed by atoms with Crippen molar-refractivity contribution in [2.75, 3.05) is 34.9 Å². The molecule has 1 aromatic rings. The van der Waals surface area contributed by atoms with Crippen LogP contribution in [0.25, 0.3) is 0 Å². The summed E-state index contributed by atoms with van der Waals surface area (Å²) in [5, 5.41) is 57.8. The number of esters is 3. The number of likely N-dealkylation sites (N-methyl/N-ethyl adjacent to an activating group) is 1. The van der Waals surface area contributed by atoms with Gasteiger partial charge in [-0.3, -0.25) is 14.4 Å². The van der Waals surface area contributed by atoms with Gasteiger partial charge in [-0.1, -0.05) is 45.9 Å². The van der Waals surface area contributed by atoms with Gasteiger partial charge < -0.3 is 82.5 Å². The minimum atomic E-state index is -2.07. The molecule has 4 saturated heterocycles. The molecule has 0 spiro atoms. The first-order chi connectivity index (χ1) is 34.5. The van der Waals surface area contributed by atoms with E-state index in [0.29, 0.717) is 6.42 Å². The number of ether oxygens (including phenoxy) is 11. The highest BCUT2D eigenvalue weighted by Crippen LogP contribution is 2.43. The molecular weight excluding hydrogens is 971 g/mol. The summed E-state index contributed by atoms with van der Waals surface area (Å²) in [6, 6.07) is 7.77. The Bertz CT molecular complexity index is 2010. The maximum absolute atomic E-state index is 14.6. The Balaban J connectivity index is 1.53. The van der Waals surface area contributed by atoms with E-state index < -0.39 is 151 Å². The Labute approximate surface area is 435 Å². The van der Waals surface area contributed by atoms with Gasteiger partial charge >= 0.3 is 17.9 Å². The molecular formula is C53H85NO20. The number of carbonyl (C=O) groups excluding carboxylic acids is 4. The number of ketones is 1. The summed E-state index contributed by atoms with van der Waals surface area (Å²) in [5.41, 5.74) is -4.54. The van der Waals surface area contributed by atoms with Gasteiger partial charge in [0.2, 0.25) is 0 Å². The van der Waals surface area contributed by atoms with Crippen molar-refractivity contribution >= 4 is 23.7 Å². The topological polar surface area (TPSA) is 274 Å². The summed E-state index contributed by atoms with van der Waals surface area (Å²) >= 11 is 0. The number of carbonyl (C=O) groups is 4. The summed E-state index contributed by atoms with van der Waals surface area (Å²) in [6.07, 6.45) is -18.5. The molecule has 4 aliphatic heterocycles. The van der Waals surface area contributed by atoms with Crippen LogP contribution < -0.4 is 0 Å². The lowest BCUT2D eigenvalue weighted by atomic mass is 9.74. The third-order valence-corrected chi connectivity index (χ3v) is 15.8. The number of Topliss-reactive ketones (excluding diaryl/α,β-unsaturated/α-hetero) is 1. The van der Waals surface area contributed by atoms with Gasteiger partial charge in [0, 0.05) is 51.4 Å². The van der Waals surface area contributed by atoms with Crippen molar-refractivity contribution < 1.29 is 96.8 Å². The van der Waals surface area contributed by atoms with Crippen LogP contribution in [0.4, 0.5) is 0 Å². The van der Waals surface area contributed by atoms with E-state index in [-0.39, 0.29) is 42.8 Å². The van der Waals surface area contributed by atoms with E-state index in [1.54, 1.807) is 78.8 Å². The lowest BCUT2D eigenvalue weighted by Crippen LogP contribution is -2.65. The van der Waals surface area contributed by atoms with E-state index in [9.17, 15) is 44.7 Å². The van der Waals surface area contributed by atoms with Crippen LogP contribution in [0, 0.1) is 23.7 Å². The predicted octanol–water partition coefficient (Wildman–Crippen LogP) is 2.70. The van der Waals surface area contributed by atoms with E-state index in [4.69, 9.17) is 52.1 Å². The molecule has 4 heterocycles. The van der Waals surface area contributed by atoms with Gasteiger partial charge in [-0.05, 0) is 87.0 Å². The average molecular weight is 1060 g/mol. The molecule has 1 aromatic carbocycles. The van der Waals surface area contributed by atoms with Crippen LogP contribution in [0.1, 0.15) is 112 Å². The molecule has 21 nitrogen and oxygen atoms in total. The molecule has 0 unspecified atom stereocenters. The normalized spacial score (nSPS) is 44.0. The van der Waals surface area contributed by atoms with Crippen molar-refractivity contribution in [3.8, 4) is 0 Å². The van der Waals surface area contributed by atoms with E-state index in [0.717, 1.165) is 6.92 Å². The summed E-state index contributed by atoms with van der Waals surface area (Å²) in [4.78, 5) is 56.0. The number of cyclic esters (lactones) is 1. The molecule has 21 heteroatoms. The highest BCUT2D eigenvalue weighted by atomic mass is 16.8. The van der Waals surface area contributed by atoms with Gasteiger partial charge in [0.15, 0.2) is 25.0 Å². The Hall–Kier alpha value is -3.26. The Morgan fingerprint density at radius 2 is 1.38 bits per heavy atom. The smallest absolute Gasteiger partial charge is 0.338 e. The summed E-state index contributed by atoms with van der Waals surface area (Å²) in [7, 11) is 6.59. The Kier molecular flexibility index (Phi) is 21.2. The van der Waals surface area contributed by atoms with Crippen LogP contribution in [0.3, 0.4) is 0 Å². The lowest BCUT2D eigenvalue weighted by Gasteiger charge is -2.51. The third kappa shape index (κ3) is 13.7. The number of hydrogen-bond donors (Lipinski definition) is 5. The van der Waals surface area contributed by atoms with Gasteiger partial charge in [-0.25, -0.2) is 4.79 Å². The second kappa shape index (κ2) is 25.5. The molecule has 0 radical (unpaired) electrons. The molecule has 4 aliphatic rings. The molecule has 4 fully saturated rings. The first-order valence-corrected chi connectivity index (χ1v) is 25.8. The van der Waals surface area contributed by atoms with E-state index in [2.05, 4.69) is 0 Å². The van der Waals surface area contributed by atoms with Gasteiger partial charge in [0.05, 0.1) is 53.2 Å². The van der Waals surface area contributed by atoms with Gasteiger partial charge in [0.25, 0.3) is 0 Å². The molecule has 5 rings (SSSR count). The van der Waals surface area contributed by atoms with Crippen molar-refractivity contribution in [1.82, 2.24) is 4.90 Å². The summed E-state index contributed by atoms with van der Waals surface area (Å²) in [6.45, 7) is 17.2. The number of hydrogen-bond acceptors (Lipinski definition) is 21. The Morgan fingerprint density at radius 3 is 1.96 bits per heavy atom. The monoisotopic (exact) mass is 1060 g/mol. The summed E-state index contributed by atoms with van der Waals surface area (Å²) in [5.74, 6) is -6.62. The first kappa shape index (κ1) is 61.6. The quantitative estimate of drug-likeness (QED) is 0.132. The molecule has 0 aliphatic carbocycles. The number of nitrogens with zero attached hydrogens (tertiary/aromatic N) is 1. The maximum atomic E-state index is 14.6. The molecule has 422 valence electrons. The van der Waals surface area contributed by atoms with E-state index >= 15 is 0 Å². The summed E-state index contributed by atoms with van der Waals surface area (Å²) < 4.78 is 68.9. The molecule has 0 bridgehead atoms. The lowest BCUT2D eigenvalue weighted by molar-refractivity contribution is -0.362. The molecule has 0 saturated carbocycles. The Morgan fingerprint density at radius 1 is 0.770 bits per heavy atom. The first-order valence-electron chi connectivity index (χ1n) is 25.8. The van der Waals surface area contributed by atoms with E-state index in [1.165, 1.54) is 28.1 Å². The van der Waals surface area contributed by atoms with Crippen molar-refractivity contribution in [3.05, 3.63) is 35.9 Å². The number of benzene rings is 1. The fraction of sp³-hybridized carbons (Fsp3) is 0.811. The molecule has 0 amide bonds. The minimum Gasteiger partial charge on any atom is -0.459 e. The number of rotatable bonds is 14. The zero-order valence-electron chi connectivity index (χ0n) is 45.8. The molecule has 5 N–H and O–H groups in total. The largest absolute Gasteiger partial charge is 0.459 e. The van der Waals surface area contributed by atoms with Crippen molar-refractivity contribution in [2.45, 2.75) is 217 Å². The van der Waals surface area contributed by atoms with Crippen LogP contribution in [0.5, 0.6) is 0 Å². The zero-order valence-corrected chi connectivity index (χ0v) is 45.8. The molecule has 0 aromatic heterocycles. The van der Waals surface area contributed by atoms with Gasteiger partial charge in [-0.15, -0.1) is 0 Å². The highest BCUT2D eigenvalue weighted by Gasteiger charge is 2.57. The predicted molar refractivity (Wildman–Crippen MR) is 263 cm³/mol. The van der Waals surface area contributed by atoms with Gasteiger partial charge in [0.1, 0.15) is 54.6 Å². The molecule has 74 heavy (non-hydrogen) atoms. The maximum Gasteiger partial charge on any atom is 0.338 e. The fourth-order valence-electron chi connectivity index (χ4n) is 11.3. The van der Waals surface area contributed by atoms with Crippen LogP contribution in [0.15, 0.2) is 30.3 Å². The van der Waals surface area contributed by atoms with Crippen LogP contribution in [0.2, 0.25) is 0 Å². The number of aliphatic hydroxyl groups is 5. The van der Waals surface area contributed by atoms with Gasteiger partial charge in [-0.2, -0.15) is 0 Å². The second-order valence-corrected chi connectivity index (χ2v) is 21.8. The zero-order chi connectivity index (χ0) is 55.4. The highest BCUT2D eigenvalue weighted by molar-refractivity contribution is 5.89. The van der Waals surface area contributed by atoms with Crippen molar-refractivity contribution in [1.29, 1.82) is 0 Å². The fourth-order valence-corrected chi connectivity index (χ4v) is 11.3. The van der Waals surface area contributed by atoms with Crippen molar-refractivity contribution in [2.24, 2.45) is 23.7 Å². The standard InChI is InChI=1S/C53H85NO20/c1-16-36-53(11,63)44(60)28(4)38(56)26(2)23-51(9,64-14)45(73-49-39(57)34(54(12)13)22-27(3)67-49)29(5)42(30(6)47(61)71-36)72-37-24-52(10,65-15)46(31(7)68-37)74-50-43(69-32(8)55)41(59)40(58)35(70-50)25-66-48(62)33-20-18-17-19-21-33/h17-21,26-31,34-37,39-46,49-50,57-60,63H,16,22-25H2,1-15H3/t26-,27-,28+,29+,30-,31+,34+,35-,36-,37+,39-,40-,41+,42+,43-,44-,45-,46+,49+,50+,51-,52-,53-/m1/s1. The minimum absolute atomic E-state index is 0.0200. The third-order valence-electron chi connectivity index (χ3n) is 15.8. The number of aliphatic hydroxyl groups excluding tert-OH is 4. The average Bonchev–Trinajstić information content (AvgIpc) is 3.35. The van der Waals surface area contributed by atoms with E-state index in [1.807, 2.05) is 25.9 Å². The van der Waals surface area contributed by atoms with Crippen LogP contribution in [-0.4, -0.2) is 204 Å². The second-order valence-electron chi connectivity index (χ2n) is 21.8. The van der Waals surface area contributed by atoms with Crippen LogP contribution >= 0.6 is 0 Å².